The number of aromatic hydroxyl groups is 2. The summed E-state index contributed by atoms with van der Waals surface area (Å²) in [5.74, 6) is 5.87. The Labute approximate surface area is 387 Å². The maximum atomic E-state index is 15.4. The molecule has 1 spiro atoms. The van der Waals surface area contributed by atoms with Crippen molar-refractivity contribution in [2.75, 3.05) is 46.8 Å². The minimum Gasteiger partial charge on any atom is -0.504 e. The zero-order valence-corrected chi connectivity index (χ0v) is 39.6. The number of rotatable bonds is 16. The first kappa shape index (κ1) is 48.6. The van der Waals surface area contributed by atoms with Crippen LogP contribution in [0.1, 0.15) is 127 Å². The maximum Gasteiger partial charge on any atom is 0.207 e. The van der Waals surface area contributed by atoms with E-state index in [1.54, 1.807) is 20.2 Å². The zero-order valence-electron chi connectivity index (χ0n) is 39.6. The minimum atomic E-state index is -0.854. The Morgan fingerprint density at radius 1 is 1.02 bits per heavy atom. The number of fused-ring (bicyclic) bond motifs is 3. The predicted octanol–water partition coefficient (Wildman–Crippen LogP) is 8.36. The van der Waals surface area contributed by atoms with Gasteiger partial charge in [0.05, 0.1) is 12.8 Å². The fourth-order valence-electron chi connectivity index (χ4n) is 13.4. The summed E-state index contributed by atoms with van der Waals surface area (Å²) in [4.78, 5) is 20.0. The van der Waals surface area contributed by atoms with Crippen LogP contribution in [0.5, 0.6) is 23.0 Å². The minimum absolute atomic E-state index is 0.00397. The first-order valence-corrected chi connectivity index (χ1v) is 24.6. The number of likely N-dealkylation sites (N-methyl/N-ethyl adjacent to an activating group) is 1. The molecule has 0 radical (unpaired) electrons. The molecule has 2 bridgehead atoms. The van der Waals surface area contributed by atoms with Gasteiger partial charge in [-0.05, 0) is 161 Å². The number of benzene rings is 2. The number of allylic oxidation sites excluding steroid dienone is 2. The largest absolute Gasteiger partial charge is 0.504 e. The smallest absolute Gasteiger partial charge is 0.207 e. The fraction of sp³-hybridized carbons (Fsp3) is 0.660. The number of methoxy groups -OCH3 is 2. The summed E-state index contributed by atoms with van der Waals surface area (Å²) in [5, 5.41) is 53.5. The highest BCUT2D eigenvalue weighted by molar-refractivity contribution is 5.97. The molecule has 1 heterocycles. The molecule has 4 saturated carbocycles. The van der Waals surface area contributed by atoms with Gasteiger partial charge in [0.25, 0.3) is 0 Å². The van der Waals surface area contributed by atoms with E-state index in [0.717, 1.165) is 101 Å². The molecule has 0 amide bonds. The highest BCUT2D eigenvalue weighted by Gasteiger charge is 2.57. The number of ketones is 1. The van der Waals surface area contributed by atoms with E-state index in [2.05, 4.69) is 58.0 Å². The number of carbonyl (C=O) groups is 1. The number of anilines is 1. The molecule has 5 aliphatic rings. The Hall–Kier alpha value is -4.28. The van der Waals surface area contributed by atoms with E-state index >= 15 is 4.79 Å². The SMILES string of the molecule is CCCC[C@H]1C[C@@H](CCCO)[C@@H]2CCC[C@@]23c2cc(c(O)c(O[C@]4(CNC)CC[C@H](C[C@H](O)OC)C4)c2)NC(=NC)NC#CC[C@H]2CCC[C@@]2(Cc2ccc(O)c(OC)c2)C(=O)/C=C/[C@@H]13. The number of guanidine groups is 1. The van der Waals surface area contributed by atoms with Crippen LogP contribution in [0, 0.1) is 52.9 Å². The van der Waals surface area contributed by atoms with Crippen LogP contribution in [-0.4, -0.2) is 85.5 Å². The van der Waals surface area contributed by atoms with Gasteiger partial charge in [0, 0.05) is 57.0 Å². The van der Waals surface area contributed by atoms with Crippen molar-refractivity contribution in [2.24, 2.45) is 45.9 Å². The van der Waals surface area contributed by atoms with Gasteiger partial charge in [-0.15, -0.1) is 0 Å². The van der Waals surface area contributed by atoms with Crippen molar-refractivity contribution in [3.63, 3.8) is 0 Å². The summed E-state index contributed by atoms with van der Waals surface area (Å²) in [5.41, 5.74) is 0.761. The number of aliphatic hydroxyl groups excluding tert-OH is 2. The summed E-state index contributed by atoms with van der Waals surface area (Å²) >= 11 is 0. The van der Waals surface area contributed by atoms with Crippen LogP contribution in [0.4, 0.5) is 5.69 Å². The lowest BCUT2D eigenvalue weighted by Crippen LogP contribution is -2.50. The lowest BCUT2D eigenvalue weighted by Gasteiger charge is -2.54. The standard InChI is InChI=1S/C53H76N4O8/c1-6-7-12-37-29-38(13-11-26-58)41-16-9-23-53(41)40-30-43(49(62)46(31-40)65-51(34-54-2)24-21-36(32-51)28-48(61)64-5)57-50(55-3)56-25-10-15-39-14-8-22-52(39,47(60)20-18-42(37)53)33-35-17-19-44(59)45(27-35)63-4/h17-20,27,30-31,36-39,41-42,48,54,58-59,61-62H,6-9,11-16,21-24,26,28-29,32-34H2,1-5H3,(H2,55,56,57)/b20-18+/t36-,37+,38-,39-,41+,42+,48-,51-,52+,53-/m1/s1. The molecule has 0 unspecified atom stereocenters. The van der Waals surface area contributed by atoms with E-state index in [-0.39, 0.29) is 47.6 Å². The predicted molar refractivity (Wildman–Crippen MR) is 255 cm³/mol. The van der Waals surface area contributed by atoms with E-state index in [0.29, 0.717) is 67.2 Å². The third-order valence-electron chi connectivity index (χ3n) is 16.4. The molecule has 1 aliphatic heterocycles. The number of ether oxygens (including phenoxy) is 3. The zero-order chi connectivity index (χ0) is 46.2. The molecule has 4 aliphatic carbocycles. The molecule has 7 N–H and O–H groups in total. The van der Waals surface area contributed by atoms with Crippen LogP contribution in [0.15, 0.2) is 47.5 Å². The van der Waals surface area contributed by atoms with Crippen molar-refractivity contribution in [2.45, 2.75) is 140 Å². The monoisotopic (exact) mass is 897 g/mol. The third kappa shape index (κ3) is 10.2. The summed E-state index contributed by atoms with van der Waals surface area (Å²) < 4.78 is 18.0. The Kier molecular flexibility index (Phi) is 16.1. The van der Waals surface area contributed by atoms with Gasteiger partial charge >= 0.3 is 0 Å². The van der Waals surface area contributed by atoms with Crippen molar-refractivity contribution in [1.82, 2.24) is 10.6 Å². The van der Waals surface area contributed by atoms with Crippen LogP contribution in [-0.2, 0) is 21.4 Å². The number of phenols is 2. The second-order valence-corrected chi connectivity index (χ2v) is 20.0. The number of unbranched alkanes of at least 4 members (excludes halogenated alkanes) is 1. The Bertz CT molecular complexity index is 2080. The first-order chi connectivity index (χ1) is 31.5. The molecule has 12 nitrogen and oxygen atoms in total. The van der Waals surface area contributed by atoms with Crippen LogP contribution in [0.25, 0.3) is 0 Å². The van der Waals surface area contributed by atoms with Gasteiger partial charge in [0.15, 0.2) is 35.1 Å². The summed E-state index contributed by atoms with van der Waals surface area (Å²) in [6, 6.07) is 12.8. The van der Waals surface area contributed by atoms with Crippen molar-refractivity contribution in [3.05, 3.63) is 53.6 Å². The van der Waals surface area contributed by atoms with Crippen LogP contribution in [0.3, 0.4) is 0 Å². The third-order valence-corrected chi connectivity index (χ3v) is 16.4. The lowest BCUT2D eigenvalue weighted by atomic mass is 9.50. The van der Waals surface area contributed by atoms with E-state index in [9.17, 15) is 20.4 Å². The summed E-state index contributed by atoms with van der Waals surface area (Å²) in [6.45, 7) is 2.96. The number of hydrogen-bond donors (Lipinski definition) is 7. The topological polar surface area (TPSA) is 174 Å². The summed E-state index contributed by atoms with van der Waals surface area (Å²) in [7, 11) is 6.68. The average molecular weight is 897 g/mol. The number of nitrogens with one attached hydrogen (secondary N) is 3. The number of aliphatic hydroxyl groups is 2. The molecule has 356 valence electrons. The molecule has 0 aromatic heterocycles. The molecule has 7 rings (SSSR count). The van der Waals surface area contributed by atoms with Crippen LogP contribution >= 0.6 is 0 Å². The summed E-state index contributed by atoms with van der Waals surface area (Å²) in [6.07, 6.45) is 18.6. The van der Waals surface area contributed by atoms with Crippen LogP contribution < -0.4 is 25.4 Å². The second-order valence-electron chi connectivity index (χ2n) is 20.0. The Balaban J connectivity index is 1.41. The maximum absolute atomic E-state index is 15.4. The molecule has 10 atom stereocenters. The molecule has 65 heavy (non-hydrogen) atoms. The highest BCUT2D eigenvalue weighted by atomic mass is 16.6. The Morgan fingerprint density at radius 3 is 2.58 bits per heavy atom. The van der Waals surface area contributed by atoms with Crippen molar-refractivity contribution < 1.29 is 39.4 Å². The molecule has 2 aromatic rings. The van der Waals surface area contributed by atoms with Gasteiger partial charge in [-0.1, -0.05) is 50.7 Å². The van der Waals surface area contributed by atoms with Gasteiger partial charge in [0.1, 0.15) is 5.60 Å². The molecular formula is C53H76N4O8. The van der Waals surface area contributed by atoms with Gasteiger partial charge in [-0.3, -0.25) is 15.1 Å². The number of aliphatic imine (C=N–C) groups is 1. The van der Waals surface area contributed by atoms with Gasteiger partial charge in [0.2, 0.25) is 5.96 Å². The number of hydrogen-bond acceptors (Lipinski definition) is 10. The van der Waals surface area contributed by atoms with Crippen LogP contribution in [0.2, 0.25) is 0 Å². The van der Waals surface area contributed by atoms with Crippen molar-refractivity contribution >= 4 is 17.4 Å². The first-order valence-electron chi connectivity index (χ1n) is 24.6. The number of phenolic OH excluding ortho intramolecular Hbond substituents is 2. The highest BCUT2D eigenvalue weighted by Crippen LogP contribution is 2.64. The van der Waals surface area contributed by atoms with Gasteiger partial charge in [-0.25, -0.2) is 0 Å². The number of carbonyl (C=O) groups excluding carboxylic acids is 1. The van der Waals surface area contributed by atoms with E-state index < -0.39 is 22.7 Å². The van der Waals surface area contributed by atoms with Crippen molar-refractivity contribution in [1.29, 1.82) is 0 Å². The quantitative estimate of drug-likeness (QED) is 0.0490. The molecule has 12 heteroatoms. The van der Waals surface area contributed by atoms with E-state index in [4.69, 9.17) is 14.2 Å². The fourth-order valence-corrected chi connectivity index (χ4v) is 13.4. The molecule has 2 aromatic carbocycles. The second kappa shape index (κ2) is 21.6. The molecule has 4 fully saturated rings. The number of nitrogens with zero attached hydrogens (tertiary/aromatic N) is 1. The normalized spacial score (nSPS) is 32.6. The molecule has 0 saturated heterocycles. The van der Waals surface area contributed by atoms with Crippen molar-refractivity contribution in [3.8, 4) is 35.0 Å². The van der Waals surface area contributed by atoms with E-state index in [1.165, 1.54) is 7.11 Å². The van der Waals surface area contributed by atoms with E-state index in [1.807, 2.05) is 25.3 Å². The average Bonchev–Trinajstić information content (AvgIpc) is 4.05. The Morgan fingerprint density at radius 2 is 1.83 bits per heavy atom. The van der Waals surface area contributed by atoms with Gasteiger partial charge < -0.3 is 45.3 Å². The molecular weight excluding hydrogens is 821 g/mol. The van der Waals surface area contributed by atoms with Gasteiger partial charge in [-0.2, -0.15) is 0 Å². The lowest BCUT2D eigenvalue weighted by molar-refractivity contribution is -0.125.